The molecular weight excluding hydrogens is 288 g/mol. The minimum atomic E-state index is 0.0562. The van der Waals surface area contributed by atoms with Crippen molar-refractivity contribution in [2.45, 2.75) is 52.5 Å². The summed E-state index contributed by atoms with van der Waals surface area (Å²) >= 11 is 0. The van der Waals surface area contributed by atoms with E-state index in [2.05, 4.69) is 31.1 Å². The number of oxazole rings is 1. The molecule has 0 aliphatic carbocycles. The first-order valence-electron chi connectivity index (χ1n) is 8.34. The van der Waals surface area contributed by atoms with Gasteiger partial charge in [-0.3, -0.25) is 4.79 Å². The van der Waals surface area contributed by atoms with Gasteiger partial charge in [0.05, 0.1) is 6.20 Å². The topological polar surface area (TPSA) is 55.1 Å². The number of nitrogens with one attached hydrogen (secondary N) is 1. The van der Waals surface area contributed by atoms with Gasteiger partial charge in [-0.2, -0.15) is 0 Å². The van der Waals surface area contributed by atoms with Crippen LogP contribution < -0.4 is 5.32 Å². The van der Waals surface area contributed by atoms with Gasteiger partial charge in [-0.05, 0) is 25.7 Å². The second kappa shape index (κ2) is 8.51. The molecular formula is C19H26N2O2. The molecule has 2 aromatic rings. The summed E-state index contributed by atoms with van der Waals surface area (Å²) in [5, 5.41) is 3.04. The molecule has 0 bridgehead atoms. The van der Waals surface area contributed by atoms with Crippen LogP contribution in [0.4, 0.5) is 0 Å². The van der Waals surface area contributed by atoms with E-state index in [0.29, 0.717) is 24.7 Å². The average molecular weight is 314 g/mol. The van der Waals surface area contributed by atoms with Crippen LogP contribution in [-0.4, -0.2) is 16.9 Å². The van der Waals surface area contributed by atoms with Crippen LogP contribution in [0.25, 0.3) is 11.3 Å². The third-order valence-corrected chi connectivity index (χ3v) is 3.76. The van der Waals surface area contributed by atoms with Crippen LogP contribution in [0, 0.1) is 5.92 Å². The highest BCUT2D eigenvalue weighted by Gasteiger charge is 2.11. The highest BCUT2D eigenvalue weighted by Crippen LogP contribution is 2.20. The maximum Gasteiger partial charge on any atom is 0.220 e. The van der Waals surface area contributed by atoms with Crippen molar-refractivity contribution in [2.24, 2.45) is 5.92 Å². The number of carbonyl (C=O) groups excluding carboxylic acids is 1. The molecule has 124 valence electrons. The molecule has 0 spiro atoms. The van der Waals surface area contributed by atoms with Gasteiger partial charge < -0.3 is 9.73 Å². The highest BCUT2D eigenvalue weighted by molar-refractivity contribution is 5.76. The molecule has 1 atom stereocenters. The predicted octanol–water partition coefficient (Wildman–Crippen LogP) is 4.22. The molecule has 0 saturated heterocycles. The lowest BCUT2D eigenvalue weighted by Gasteiger charge is -2.14. The predicted molar refractivity (Wildman–Crippen MR) is 91.9 cm³/mol. The fourth-order valence-corrected chi connectivity index (χ4v) is 2.38. The number of carbonyl (C=O) groups is 1. The van der Waals surface area contributed by atoms with E-state index in [1.807, 2.05) is 30.3 Å². The van der Waals surface area contributed by atoms with Crippen molar-refractivity contribution >= 4 is 5.91 Å². The maximum absolute atomic E-state index is 12.0. The smallest absolute Gasteiger partial charge is 0.220 e. The molecule has 1 aromatic carbocycles. The van der Waals surface area contributed by atoms with E-state index >= 15 is 0 Å². The number of hydrogen-bond donors (Lipinski definition) is 1. The van der Waals surface area contributed by atoms with Crippen LogP contribution in [-0.2, 0) is 11.2 Å². The van der Waals surface area contributed by atoms with Crippen LogP contribution in [0.5, 0.6) is 0 Å². The lowest BCUT2D eigenvalue weighted by molar-refractivity contribution is -0.121. The van der Waals surface area contributed by atoms with Crippen molar-refractivity contribution in [3.8, 4) is 11.3 Å². The summed E-state index contributed by atoms with van der Waals surface area (Å²) in [7, 11) is 0. The Morgan fingerprint density at radius 3 is 2.61 bits per heavy atom. The normalized spacial score (nSPS) is 12.3. The van der Waals surface area contributed by atoms with E-state index in [9.17, 15) is 4.79 Å². The first-order chi connectivity index (χ1) is 11.0. The van der Waals surface area contributed by atoms with Gasteiger partial charge in [0.15, 0.2) is 11.7 Å². The van der Waals surface area contributed by atoms with Crippen LogP contribution in [0.3, 0.4) is 0 Å². The molecule has 1 amide bonds. The fraction of sp³-hybridized carbons (Fsp3) is 0.474. The van der Waals surface area contributed by atoms with Crippen molar-refractivity contribution in [3.63, 3.8) is 0 Å². The monoisotopic (exact) mass is 314 g/mol. The molecule has 1 unspecified atom stereocenters. The quantitative estimate of drug-likeness (QED) is 0.794. The van der Waals surface area contributed by atoms with E-state index < -0.39 is 0 Å². The Kier molecular flexibility index (Phi) is 6.39. The minimum Gasteiger partial charge on any atom is -0.441 e. The van der Waals surface area contributed by atoms with Gasteiger partial charge in [0.25, 0.3) is 0 Å². The Morgan fingerprint density at radius 1 is 1.17 bits per heavy atom. The van der Waals surface area contributed by atoms with E-state index in [-0.39, 0.29) is 11.9 Å². The van der Waals surface area contributed by atoms with Gasteiger partial charge in [0.1, 0.15) is 0 Å². The third kappa shape index (κ3) is 5.89. The van der Waals surface area contributed by atoms with Crippen molar-refractivity contribution < 1.29 is 9.21 Å². The van der Waals surface area contributed by atoms with Crippen LogP contribution in [0.2, 0.25) is 0 Å². The molecule has 0 radical (unpaired) electrons. The summed E-state index contributed by atoms with van der Waals surface area (Å²) < 4.78 is 5.71. The SMILES string of the molecule is CC(C)CCC(C)NC(=O)CCc1ncc(-c2ccccc2)o1. The second-order valence-electron chi connectivity index (χ2n) is 6.42. The number of benzene rings is 1. The Bertz CT molecular complexity index is 605. The second-order valence-corrected chi connectivity index (χ2v) is 6.42. The van der Waals surface area contributed by atoms with Crippen molar-refractivity contribution in [1.29, 1.82) is 0 Å². The average Bonchev–Trinajstić information content (AvgIpc) is 3.01. The molecule has 0 saturated carbocycles. The number of aryl methyl sites for hydroxylation is 1. The van der Waals surface area contributed by atoms with E-state index in [1.165, 1.54) is 0 Å². The molecule has 1 heterocycles. The maximum atomic E-state index is 12.0. The van der Waals surface area contributed by atoms with Crippen molar-refractivity contribution in [2.75, 3.05) is 0 Å². The summed E-state index contributed by atoms with van der Waals surface area (Å²) in [5.41, 5.74) is 0.998. The van der Waals surface area contributed by atoms with E-state index in [0.717, 1.165) is 24.2 Å². The van der Waals surface area contributed by atoms with E-state index in [4.69, 9.17) is 4.42 Å². The Balaban J connectivity index is 1.78. The van der Waals surface area contributed by atoms with Crippen LogP contribution in [0.15, 0.2) is 40.9 Å². The molecule has 1 N–H and O–H groups in total. The van der Waals surface area contributed by atoms with Gasteiger partial charge in [-0.1, -0.05) is 44.2 Å². The Morgan fingerprint density at radius 2 is 1.91 bits per heavy atom. The Hall–Kier alpha value is -2.10. The van der Waals surface area contributed by atoms with Gasteiger partial charge in [0.2, 0.25) is 5.91 Å². The number of hydrogen-bond acceptors (Lipinski definition) is 3. The third-order valence-electron chi connectivity index (χ3n) is 3.76. The first-order valence-corrected chi connectivity index (χ1v) is 8.34. The number of aromatic nitrogens is 1. The summed E-state index contributed by atoms with van der Waals surface area (Å²) in [5.74, 6) is 2.07. The van der Waals surface area contributed by atoms with Crippen LogP contribution in [0.1, 0.15) is 45.9 Å². The minimum absolute atomic E-state index is 0.0562. The molecule has 0 fully saturated rings. The molecule has 1 aromatic heterocycles. The number of nitrogens with zero attached hydrogens (tertiary/aromatic N) is 1. The molecule has 0 aliphatic rings. The lowest BCUT2D eigenvalue weighted by atomic mass is 10.0. The molecule has 2 rings (SSSR count). The zero-order valence-corrected chi connectivity index (χ0v) is 14.2. The van der Waals surface area contributed by atoms with Crippen LogP contribution >= 0.6 is 0 Å². The molecule has 4 heteroatoms. The largest absolute Gasteiger partial charge is 0.441 e. The summed E-state index contributed by atoms with van der Waals surface area (Å²) in [6.45, 7) is 6.45. The summed E-state index contributed by atoms with van der Waals surface area (Å²) in [6.07, 6.45) is 4.78. The highest BCUT2D eigenvalue weighted by atomic mass is 16.4. The summed E-state index contributed by atoms with van der Waals surface area (Å²) in [4.78, 5) is 16.2. The van der Waals surface area contributed by atoms with Crippen molar-refractivity contribution in [3.05, 3.63) is 42.4 Å². The van der Waals surface area contributed by atoms with Gasteiger partial charge >= 0.3 is 0 Å². The van der Waals surface area contributed by atoms with Gasteiger partial charge in [0, 0.05) is 24.4 Å². The zero-order chi connectivity index (χ0) is 16.7. The van der Waals surface area contributed by atoms with Gasteiger partial charge in [-0.15, -0.1) is 0 Å². The molecule has 4 nitrogen and oxygen atoms in total. The van der Waals surface area contributed by atoms with E-state index in [1.54, 1.807) is 6.20 Å². The standard InChI is InChI=1S/C19H26N2O2/c1-14(2)9-10-15(3)21-18(22)11-12-19-20-13-17(23-19)16-7-5-4-6-8-16/h4-8,13-15H,9-12H2,1-3H3,(H,21,22). The number of rotatable bonds is 8. The molecule has 0 aliphatic heterocycles. The first kappa shape index (κ1) is 17.3. The van der Waals surface area contributed by atoms with Gasteiger partial charge in [-0.25, -0.2) is 4.98 Å². The number of amides is 1. The van der Waals surface area contributed by atoms with Crippen molar-refractivity contribution in [1.82, 2.24) is 10.3 Å². The summed E-state index contributed by atoms with van der Waals surface area (Å²) in [6, 6.07) is 10.1. The Labute approximate surface area is 138 Å². The molecule has 23 heavy (non-hydrogen) atoms. The zero-order valence-electron chi connectivity index (χ0n) is 14.2. The lowest BCUT2D eigenvalue weighted by Crippen LogP contribution is -2.32. The fourth-order valence-electron chi connectivity index (χ4n) is 2.38.